The molecule has 0 amide bonds. The van der Waals surface area contributed by atoms with Gasteiger partial charge in [-0.15, -0.1) is 12.4 Å². The lowest BCUT2D eigenvalue weighted by atomic mass is 9.98. The zero-order chi connectivity index (χ0) is 9.38. The Bertz CT molecular complexity index is 318. The maximum atomic E-state index is 5.26. The molecular formula is C10H16ClN3O. The lowest BCUT2D eigenvalue weighted by Gasteiger charge is -2.18. The summed E-state index contributed by atoms with van der Waals surface area (Å²) >= 11 is 0. The predicted octanol–water partition coefficient (Wildman–Crippen LogP) is 1.84. The Morgan fingerprint density at radius 3 is 2.47 bits per heavy atom. The zero-order valence-electron chi connectivity index (χ0n) is 8.61. The number of nitrogens with zero attached hydrogens (tertiary/aromatic N) is 2. The van der Waals surface area contributed by atoms with Gasteiger partial charge in [-0.25, -0.2) is 0 Å². The highest BCUT2D eigenvalue weighted by Crippen LogP contribution is 2.39. The third kappa shape index (κ3) is 2.32. The van der Waals surface area contributed by atoms with Crippen LogP contribution in [0.1, 0.15) is 49.2 Å². The van der Waals surface area contributed by atoms with Crippen LogP contribution in [0.4, 0.5) is 0 Å². The summed E-state index contributed by atoms with van der Waals surface area (Å²) in [6.45, 7) is 2.16. The molecule has 1 aromatic heterocycles. The van der Waals surface area contributed by atoms with E-state index in [0.717, 1.165) is 37.6 Å². The van der Waals surface area contributed by atoms with Gasteiger partial charge in [0.25, 0.3) is 0 Å². The van der Waals surface area contributed by atoms with Crippen LogP contribution in [0.25, 0.3) is 0 Å². The van der Waals surface area contributed by atoms with Crippen molar-refractivity contribution in [1.82, 2.24) is 15.5 Å². The average molecular weight is 230 g/mol. The molecule has 0 spiro atoms. The zero-order valence-corrected chi connectivity index (χ0v) is 9.42. The summed E-state index contributed by atoms with van der Waals surface area (Å²) in [6, 6.07) is 0. The first-order chi connectivity index (χ1) is 6.93. The molecule has 2 aliphatic rings. The molecule has 1 aliphatic carbocycles. The maximum Gasteiger partial charge on any atom is 0.229 e. The van der Waals surface area contributed by atoms with E-state index in [-0.39, 0.29) is 12.4 Å². The second-order valence-corrected chi connectivity index (χ2v) is 4.29. The largest absolute Gasteiger partial charge is 0.339 e. The van der Waals surface area contributed by atoms with E-state index >= 15 is 0 Å². The molecule has 0 aromatic carbocycles. The molecule has 0 bridgehead atoms. The van der Waals surface area contributed by atoms with Crippen LogP contribution in [0.3, 0.4) is 0 Å². The molecule has 1 N–H and O–H groups in total. The number of halogens is 1. The number of piperidine rings is 1. The van der Waals surface area contributed by atoms with Crippen LogP contribution >= 0.6 is 12.4 Å². The van der Waals surface area contributed by atoms with Gasteiger partial charge in [0.15, 0.2) is 5.82 Å². The van der Waals surface area contributed by atoms with Crippen molar-refractivity contribution in [2.45, 2.75) is 37.5 Å². The van der Waals surface area contributed by atoms with Crippen molar-refractivity contribution in [3.05, 3.63) is 11.7 Å². The lowest BCUT2D eigenvalue weighted by Crippen LogP contribution is -2.27. The molecule has 0 atom stereocenters. The summed E-state index contributed by atoms with van der Waals surface area (Å²) in [7, 11) is 0. The molecule has 5 heteroatoms. The van der Waals surface area contributed by atoms with Crippen LogP contribution < -0.4 is 5.32 Å². The summed E-state index contributed by atoms with van der Waals surface area (Å²) in [5.41, 5.74) is 0. The Hall–Kier alpha value is -0.610. The van der Waals surface area contributed by atoms with Crippen LogP contribution in [-0.4, -0.2) is 23.2 Å². The van der Waals surface area contributed by atoms with Gasteiger partial charge in [0, 0.05) is 11.8 Å². The molecule has 2 heterocycles. The Labute approximate surface area is 95.2 Å². The van der Waals surface area contributed by atoms with Gasteiger partial charge in [0.05, 0.1) is 0 Å². The van der Waals surface area contributed by atoms with E-state index in [2.05, 4.69) is 15.5 Å². The van der Waals surface area contributed by atoms with E-state index < -0.39 is 0 Å². The van der Waals surface area contributed by atoms with E-state index in [1.54, 1.807) is 0 Å². The Kier molecular flexibility index (Phi) is 3.26. The molecule has 15 heavy (non-hydrogen) atoms. The first-order valence-corrected chi connectivity index (χ1v) is 5.47. The monoisotopic (exact) mass is 229 g/mol. The van der Waals surface area contributed by atoms with Gasteiger partial charge >= 0.3 is 0 Å². The summed E-state index contributed by atoms with van der Waals surface area (Å²) in [4.78, 5) is 4.49. The molecule has 1 saturated heterocycles. The van der Waals surface area contributed by atoms with Crippen molar-refractivity contribution in [3.8, 4) is 0 Å². The smallest absolute Gasteiger partial charge is 0.229 e. The third-order valence-electron chi connectivity index (χ3n) is 3.09. The molecule has 84 valence electrons. The average Bonchev–Trinajstić information content (AvgIpc) is 2.98. The van der Waals surface area contributed by atoms with Gasteiger partial charge in [-0.3, -0.25) is 0 Å². The fraction of sp³-hybridized carbons (Fsp3) is 0.800. The maximum absolute atomic E-state index is 5.26. The van der Waals surface area contributed by atoms with Gasteiger partial charge in [-0.05, 0) is 38.8 Å². The van der Waals surface area contributed by atoms with Crippen LogP contribution in [0.2, 0.25) is 0 Å². The Morgan fingerprint density at radius 1 is 1.07 bits per heavy atom. The molecule has 1 aliphatic heterocycles. The van der Waals surface area contributed by atoms with Gasteiger partial charge in [-0.1, -0.05) is 5.16 Å². The number of hydrogen-bond donors (Lipinski definition) is 1. The second kappa shape index (κ2) is 4.49. The van der Waals surface area contributed by atoms with Gasteiger partial charge in [0.2, 0.25) is 5.89 Å². The standard InChI is InChI=1S/C10H15N3O.ClH/c1-2-8(1)10-12-9(13-14-10)7-3-5-11-6-4-7;/h7-8,11H,1-6H2;1H. The van der Waals surface area contributed by atoms with Crippen molar-refractivity contribution in [1.29, 1.82) is 0 Å². The Balaban J connectivity index is 0.000000853. The SMILES string of the molecule is C1CC(c2noc(C3CC3)n2)CCN1.Cl. The summed E-state index contributed by atoms with van der Waals surface area (Å²) in [5, 5.41) is 7.43. The quantitative estimate of drug-likeness (QED) is 0.841. The van der Waals surface area contributed by atoms with Gasteiger partial charge in [-0.2, -0.15) is 4.98 Å². The van der Waals surface area contributed by atoms with E-state index in [9.17, 15) is 0 Å². The minimum Gasteiger partial charge on any atom is -0.339 e. The van der Waals surface area contributed by atoms with Crippen LogP contribution in [0.15, 0.2) is 4.52 Å². The summed E-state index contributed by atoms with van der Waals surface area (Å²) in [5.74, 6) is 2.91. The highest BCUT2D eigenvalue weighted by atomic mass is 35.5. The van der Waals surface area contributed by atoms with Crippen molar-refractivity contribution in [3.63, 3.8) is 0 Å². The van der Waals surface area contributed by atoms with Crippen molar-refractivity contribution in [2.24, 2.45) is 0 Å². The lowest BCUT2D eigenvalue weighted by molar-refractivity contribution is 0.361. The molecule has 1 aromatic rings. The summed E-state index contributed by atoms with van der Waals surface area (Å²) in [6.07, 6.45) is 4.75. The molecule has 0 unspecified atom stereocenters. The first-order valence-electron chi connectivity index (χ1n) is 5.47. The highest BCUT2D eigenvalue weighted by molar-refractivity contribution is 5.85. The van der Waals surface area contributed by atoms with E-state index in [4.69, 9.17) is 4.52 Å². The van der Waals surface area contributed by atoms with Crippen molar-refractivity contribution >= 4 is 12.4 Å². The van der Waals surface area contributed by atoms with E-state index in [1.165, 1.54) is 12.8 Å². The number of aromatic nitrogens is 2. The van der Waals surface area contributed by atoms with Gasteiger partial charge in [0.1, 0.15) is 0 Å². The van der Waals surface area contributed by atoms with Crippen LogP contribution in [0.5, 0.6) is 0 Å². The molecule has 0 radical (unpaired) electrons. The predicted molar refractivity (Wildman–Crippen MR) is 58.4 cm³/mol. The van der Waals surface area contributed by atoms with Gasteiger partial charge < -0.3 is 9.84 Å². The number of rotatable bonds is 2. The molecule has 4 nitrogen and oxygen atoms in total. The normalized spacial score (nSPS) is 22.4. The second-order valence-electron chi connectivity index (χ2n) is 4.29. The summed E-state index contributed by atoms with van der Waals surface area (Å²) < 4.78 is 5.26. The topological polar surface area (TPSA) is 51.0 Å². The number of nitrogens with one attached hydrogen (secondary N) is 1. The third-order valence-corrected chi connectivity index (χ3v) is 3.09. The fourth-order valence-corrected chi connectivity index (χ4v) is 1.99. The first kappa shape index (κ1) is 10.9. The van der Waals surface area contributed by atoms with E-state index in [0.29, 0.717) is 11.8 Å². The molecule has 3 rings (SSSR count). The number of hydrogen-bond acceptors (Lipinski definition) is 4. The minimum atomic E-state index is 0. The minimum absolute atomic E-state index is 0. The molecule has 2 fully saturated rings. The fourth-order valence-electron chi connectivity index (χ4n) is 1.99. The molecule has 1 saturated carbocycles. The van der Waals surface area contributed by atoms with E-state index in [1.807, 2.05) is 0 Å². The van der Waals surface area contributed by atoms with Crippen LogP contribution in [-0.2, 0) is 0 Å². The van der Waals surface area contributed by atoms with Crippen LogP contribution in [0, 0.1) is 0 Å². The van der Waals surface area contributed by atoms with Crippen molar-refractivity contribution < 1.29 is 4.52 Å². The molecular weight excluding hydrogens is 214 g/mol. The highest BCUT2D eigenvalue weighted by Gasteiger charge is 2.31. The Morgan fingerprint density at radius 2 is 1.80 bits per heavy atom. The van der Waals surface area contributed by atoms with Crippen molar-refractivity contribution in [2.75, 3.05) is 13.1 Å².